The van der Waals surface area contributed by atoms with Crippen LogP contribution in [0, 0.1) is 24.2 Å². The van der Waals surface area contributed by atoms with Crippen molar-refractivity contribution in [2.24, 2.45) is 13.0 Å². The molecule has 0 aromatic carbocycles. The fraction of sp³-hybridized carbons (Fsp3) is 0.545. The second-order valence-electron chi connectivity index (χ2n) is 9.02. The van der Waals surface area contributed by atoms with E-state index in [1.165, 1.54) is 9.47 Å². The summed E-state index contributed by atoms with van der Waals surface area (Å²) >= 11 is 6.58. The number of nitrogens with zero attached hydrogens (tertiary/aromatic N) is 4. The zero-order valence-electron chi connectivity index (χ0n) is 18.8. The maximum absolute atomic E-state index is 13.3. The number of thioether (sulfide) groups is 1. The number of carbonyl (C=O) groups excluding carboxylic acids is 1. The highest BCUT2D eigenvalue weighted by molar-refractivity contribution is 8.26. The van der Waals surface area contributed by atoms with Gasteiger partial charge in [-0.1, -0.05) is 30.9 Å². The molecule has 0 bridgehead atoms. The van der Waals surface area contributed by atoms with Crippen LogP contribution >= 0.6 is 24.0 Å². The van der Waals surface area contributed by atoms with Crippen molar-refractivity contribution in [3.8, 4) is 6.07 Å². The summed E-state index contributed by atoms with van der Waals surface area (Å²) in [6, 6.07) is 1.56. The number of anilines is 1. The van der Waals surface area contributed by atoms with Gasteiger partial charge < -0.3 is 4.90 Å². The maximum Gasteiger partial charge on any atom is 0.270 e. The third-order valence-corrected chi connectivity index (χ3v) is 9.68. The summed E-state index contributed by atoms with van der Waals surface area (Å²) in [6.45, 7) is 5.46. The van der Waals surface area contributed by atoms with Gasteiger partial charge in [-0.05, 0) is 43.7 Å². The molecule has 3 fully saturated rings. The molecular weight excluding hydrogens is 480 g/mol. The van der Waals surface area contributed by atoms with Crippen LogP contribution in [0.3, 0.4) is 0 Å². The van der Waals surface area contributed by atoms with E-state index in [0.717, 1.165) is 37.7 Å². The predicted molar refractivity (Wildman–Crippen MR) is 134 cm³/mol. The van der Waals surface area contributed by atoms with Crippen molar-refractivity contribution in [2.45, 2.75) is 39.2 Å². The molecule has 0 radical (unpaired) electrons. The molecule has 0 aliphatic carbocycles. The lowest BCUT2D eigenvalue weighted by Gasteiger charge is -2.35. The molecule has 4 rings (SSSR count). The molecule has 3 aliphatic heterocycles. The largest absolute Gasteiger partial charge is 0.357 e. The van der Waals surface area contributed by atoms with E-state index in [2.05, 4.69) is 11.8 Å². The molecule has 0 N–H and O–H groups in total. The highest BCUT2D eigenvalue weighted by atomic mass is 32.2. The van der Waals surface area contributed by atoms with Crippen LogP contribution in [-0.2, 0) is 21.7 Å². The molecule has 1 aromatic heterocycles. The lowest BCUT2D eigenvalue weighted by atomic mass is 9.98. The Morgan fingerprint density at radius 3 is 2.61 bits per heavy atom. The number of amides is 1. The van der Waals surface area contributed by atoms with Gasteiger partial charge in [0, 0.05) is 25.7 Å². The number of thiocarbonyl (C=S) groups is 1. The van der Waals surface area contributed by atoms with Crippen molar-refractivity contribution < 1.29 is 13.2 Å². The van der Waals surface area contributed by atoms with Crippen LogP contribution in [0.15, 0.2) is 9.70 Å². The second-order valence-corrected chi connectivity index (χ2v) is 12.9. The van der Waals surface area contributed by atoms with Crippen LogP contribution in [0.25, 0.3) is 6.08 Å². The predicted octanol–water partition coefficient (Wildman–Crippen LogP) is 2.19. The molecule has 176 valence electrons. The van der Waals surface area contributed by atoms with Crippen molar-refractivity contribution in [1.82, 2.24) is 9.47 Å². The Morgan fingerprint density at radius 2 is 2.00 bits per heavy atom. The first-order chi connectivity index (χ1) is 15.5. The molecular formula is C22H26N4O4S3. The first kappa shape index (κ1) is 24.0. The zero-order chi connectivity index (χ0) is 24.1. The first-order valence-electron chi connectivity index (χ1n) is 10.9. The normalized spacial score (nSPS) is 26.3. The molecule has 4 heterocycles. The van der Waals surface area contributed by atoms with Crippen LogP contribution in [-0.4, -0.2) is 58.7 Å². The van der Waals surface area contributed by atoms with Gasteiger partial charge in [0.05, 0.1) is 22.5 Å². The van der Waals surface area contributed by atoms with Gasteiger partial charge in [-0.25, -0.2) is 8.42 Å². The van der Waals surface area contributed by atoms with Crippen molar-refractivity contribution in [3.05, 3.63) is 31.9 Å². The Hall–Kier alpha value is -2.16. The van der Waals surface area contributed by atoms with Crippen LogP contribution in [0.5, 0.6) is 0 Å². The van der Waals surface area contributed by atoms with E-state index in [0.29, 0.717) is 38.5 Å². The lowest BCUT2D eigenvalue weighted by Crippen LogP contribution is -2.39. The average Bonchev–Trinajstić information content (AvgIpc) is 3.24. The number of hydrogen-bond acceptors (Lipinski definition) is 8. The maximum atomic E-state index is 13.3. The number of hydrogen-bond donors (Lipinski definition) is 0. The number of rotatable bonds is 3. The molecule has 1 amide bonds. The Morgan fingerprint density at radius 1 is 1.27 bits per heavy atom. The number of nitriles is 1. The first-order valence-corrected chi connectivity index (χ1v) is 13.9. The van der Waals surface area contributed by atoms with Gasteiger partial charge in [-0.15, -0.1) is 0 Å². The fourth-order valence-electron chi connectivity index (χ4n) is 4.88. The Labute approximate surface area is 203 Å². The number of carbonyl (C=O) groups is 1. The van der Waals surface area contributed by atoms with E-state index < -0.39 is 15.9 Å². The number of sulfone groups is 1. The van der Waals surface area contributed by atoms with E-state index in [9.17, 15) is 23.3 Å². The summed E-state index contributed by atoms with van der Waals surface area (Å²) in [5.74, 6) is 0.797. The van der Waals surface area contributed by atoms with E-state index in [-0.39, 0.29) is 28.5 Å². The molecule has 2 unspecified atom stereocenters. The molecule has 11 heteroatoms. The standard InChI is InChI=1S/C22H26N4O4S3/c1-13-5-4-7-25(11-13)19-16(14(2)17(10-23)20(27)24(19)3)9-18-21(28)26(22(31)32-18)15-6-8-33(29,30)12-15/h9,13,15H,4-8,11-12H2,1-3H3/b18-9-. The van der Waals surface area contributed by atoms with Crippen LogP contribution in [0.4, 0.5) is 5.82 Å². The monoisotopic (exact) mass is 506 g/mol. The van der Waals surface area contributed by atoms with Gasteiger partial charge in [0.1, 0.15) is 21.8 Å². The Balaban J connectivity index is 1.81. The lowest BCUT2D eigenvalue weighted by molar-refractivity contribution is -0.123. The minimum atomic E-state index is -3.17. The molecule has 3 aliphatic rings. The Kier molecular flexibility index (Phi) is 6.46. The van der Waals surface area contributed by atoms with Crippen molar-refractivity contribution >= 4 is 55.9 Å². The van der Waals surface area contributed by atoms with Crippen LogP contribution < -0.4 is 10.5 Å². The molecule has 33 heavy (non-hydrogen) atoms. The van der Waals surface area contributed by atoms with Gasteiger partial charge in [0.15, 0.2) is 9.84 Å². The molecule has 8 nitrogen and oxygen atoms in total. The third kappa shape index (κ3) is 4.36. The summed E-state index contributed by atoms with van der Waals surface area (Å²) in [6.07, 6.45) is 4.19. The summed E-state index contributed by atoms with van der Waals surface area (Å²) in [7, 11) is -1.52. The number of aromatic nitrogens is 1. The minimum Gasteiger partial charge on any atom is -0.357 e. The SMILES string of the molecule is Cc1c(/C=C2\SC(=S)N(C3CCS(=O)(=O)C3)C2=O)c(N2CCCC(C)C2)n(C)c(=O)c1C#N. The van der Waals surface area contributed by atoms with Gasteiger partial charge in [-0.2, -0.15) is 5.26 Å². The summed E-state index contributed by atoms with van der Waals surface area (Å²) < 4.78 is 25.7. The quantitative estimate of drug-likeness (QED) is 0.454. The summed E-state index contributed by atoms with van der Waals surface area (Å²) in [5, 5.41) is 9.63. The summed E-state index contributed by atoms with van der Waals surface area (Å²) in [5.41, 5.74) is 0.879. The highest BCUT2D eigenvalue weighted by Crippen LogP contribution is 2.38. The molecule has 0 spiro atoms. The smallest absolute Gasteiger partial charge is 0.270 e. The average molecular weight is 507 g/mol. The minimum absolute atomic E-state index is 0.0509. The van der Waals surface area contributed by atoms with Gasteiger partial charge in [0.2, 0.25) is 0 Å². The summed E-state index contributed by atoms with van der Waals surface area (Å²) in [4.78, 5) is 30.1. The van der Waals surface area contributed by atoms with Crippen LogP contribution in [0.1, 0.15) is 42.9 Å². The van der Waals surface area contributed by atoms with E-state index in [4.69, 9.17) is 12.2 Å². The zero-order valence-corrected chi connectivity index (χ0v) is 21.3. The van der Waals surface area contributed by atoms with E-state index in [1.807, 2.05) is 6.07 Å². The molecule has 3 saturated heterocycles. The molecule has 1 aromatic rings. The number of pyridine rings is 1. The fourth-order valence-corrected chi connectivity index (χ4v) is 7.96. The third-order valence-electron chi connectivity index (χ3n) is 6.60. The van der Waals surface area contributed by atoms with Crippen molar-refractivity contribution in [2.75, 3.05) is 29.5 Å². The molecule has 0 saturated carbocycles. The van der Waals surface area contributed by atoms with Crippen LogP contribution in [0.2, 0.25) is 0 Å². The number of piperidine rings is 1. The van der Waals surface area contributed by atoms with Gasteiger partial charge in [-0.3, -0.25) is 19.1 Å². The van der Waals surface area contributed by atoms with Crippen molar-refractivity contribution in [1.29, 1.82) is 5.26 Å². The second kappa shape index (κ2) is 8.89. The van der Waals surface area contributed by atoms with Gasteiger partial charge in [0.25, 0.3) is 11.5 Å². The highest BCUT2D eigenvalue weighted by Gasteiger charge is 2.42. The topological polar surface area (TPSA) is 103 Å². The van der Waals surface area contributed by atoms with Gasteiger partial charge >= 0.3 is 0 Å². The van der Waals surface area contributed by atoms with Crippen molar-refractivity contribution in [3.63, 3.8) is 0 Å². The molecule has 2 atom stereocenters. The van der Waals surface area contributed by atoms with E-state index in [1.54, 1.807) is 20.0 Å². The Bertz CT molecular complexity index is 1280. The van der Waals surface area contributed by atoms with E-state index >= 15 is 0 Å².